The predicted octanol–water partition coefficient (Wildman–Crippen LogP) is 4.36. The first-order valence-corrected chi connectivity index (χ1v) is 14.6. The Morgan fingerprint density at radius 2 is 1.97 bits per heavy atom. The van der Waals surface area contributed by atoms with Crippen LogP contribution in [0.3, 0.4) is 0 Å². The maximum absolute atomic E-state index is 10.9. The minimum atomic E-state index is -2.67. The number of fused-ring (bicyclic) bond motifs is 1. The van der Waals surface area contributed by atoms with Gasteiger partial charge in [0.05, 0.1) is 10.3 Å². The first-order valence-electron chi connectivity index (χ1n) is 9.08. The van der Waals surface area contributed by atoms with Gasteiger partial charge < -0.3 is 13.9 Å². The molecule has 0 saturated heterocycles. The van der Waals surface area contributed by atoms with Gasteiger partial charge in [-0.05, 0) is 38.2 Å². The number of hydrogen-bond acceptors (Lipinski definition) is 6. The number of furan rings is 1. The first kappa shape index (κ1) is 21.8. The smallest absolute Gasteiger partial charge is 0.242 e. The van der Waals surface area contributed by atoms with Gasteiger partial charge in [0.1, 0.15) is 5.69 Å². The Hall–Kier alpha value is -1.88. The number of thiol groups is 1. The van der Waals surface area contributed by atoms with Gasteiger partial charge >= 0.3 is 0 Å². The van der Waals surface area contributed by atoms with Crippen LogP contribution < -0.4 is 9.15 Å². The Bertz CT molecular complexity index is 1090. The van der Waals surface area contributed by atoms with Crippen molar-refractivity contribution < 1.29 is 22.4 Å². The molecule has 0 amide bonds. The molecule has 156 valence electrons. The minimum absolute atomic E-state index is 0.0995. The molecule has 29 heavy (non-hydrogen) atoms. The third-order valence-corrected chi connectivity index (χ3v) is 6.20. The van der Waals surface area contributed by atoms with Crippen molar-refractivity contribution in [2.45, 2.75) is 30.9 Å². The van der Waals surface area contributed by atoms with E-state index in [-0.39, 0.29) is 28.6 Å². The standard InChI is InChI=1S/C19H23BrN2O5SSi/c1-29(2,3)27-19-16(23)18(26-17(19)13(20)10-11-21-28(24)25)15-9-8-12-6-4-5-7-14(12)22-15/h4-9,13,23,28H,10-11H2,1-3H3,(H,21,24,25). The molecule has 0 radical (unpaired) electrons. The van der Waals surface area contributed by atoms with Crippen LogP contribution in [0.15, 0.2) is 40.8 Å². The lowest BCUT2D eigenvalue weighted by Crippen LogP contribution is -2.29. The van der Waals surface area contributed by atoms with E-state index >= 15 is 0 Å². The van der Waals surface area contributed by atoms with Crippen molar-refractivity contribution >= 4 is 46.0 Å². The highest BCUT2D eigenvalue weighted by molar-refractivity contribution is 9.09. The summed E-state index contributed by atoms with van der Waals surface area (Å²) in [6.45, 7) is 6.24. The van der Waals surface area contributed by atoms with Gasteiger partial charge in [0.25, 0.3) is 0 Å². The second-order valence-electron chi connectivity index (χ2n) is 7.50. The Kier molecular flexibility index (Phi) is 6.67. The number of alkyl halides is 1. The molecule has 2 N–H and O–H groups in total. The molecule has 0 aliphatic carbocycles. The summed E-state index contributed by atoms with van der Waals surface area (Å²) in [7, 11) is -4.73. The van der Waals surface area contributed by atoms with E-state index in [1.54, 1.807) is 6.07 Å². The molecule has 1 unspecified atom stereocenters. The van der Waals surface area contributed by atoms with Gasteiger partial charge in [0.2, 0.25) is 25.0 Å². The quantitative estimate of drug-likeness (QED) is 0.242. The summed E-state index contributed by atoms with van der Waals surface area (Å²) >= 11 is 3.53. The van der Waals surface area contributed by atoms with Crippen LogP contribution in [0.1, 0.15) is 17.0 Å². The molecule has 0 fully saturated rings. The molecular formula is C19H23BrN2O5SSi. The summed E-state index contributed by atoms with van der Waals surface area (Å²) in [5, 5.41) is 11.9. The molecule has 0 bridgehead atoms. The van der Waals surface area contributed by atoms with E-state index in [0.717, 1.165) is 10.9 Å². The van der Waals surface area contributed by atoms with Gasteiger partial charge in [-0.2, -0.15) is 0 Å². The molecule has 2 heterocycles. The molecule has 7 nitrogen and oxygen atoms in total. The molecule has 1 atom stereocenters. The molecule has 3 rings (SSSR count). The summed E-state index contributed by atoms with van der Waals surface area (Å²) in [6.07, 6.45) is 0.420. The van der Waals surface area contributed by atoms with Gasteiger partial charge in [-0.25, -0.2) is 18.1 Å². The third-order valence-electron chi connectivity index (χ3n) is 4.03. The van der Waals surface area contributed by atoms with Crippen molar-refractivity contribution in [1.82, 2.24) is 9.71 Å². The maximum atomic E-state index is 10.9. The lowest BCUT2D eigenvalue weighted by atomic mass is 10.2. The number of rotatable bonds is 8. The number of nitrogens with one attached hydrogen (secondary N) is 1. The number of hydrogen-bond donors (Lipinski definition) is 3. The normalized spacial score (nSPS) is 13.1. The topological polar surface area (TPSA) is 102 Å². The van der Waals surface area contributed by atoms with Crippen LogP contribution in [0, 0.1) is 0 Å². The Morgan fingerprint density at radius 1 is 1.24 bits per heavy atom. The number of halogens is 1. The zero-order valence-corrected chi connectivity index (χ0v) is 19.8. The zero-order chi connectivity index (χ0) is 21.2. The van der Waals surface area contributed by atoms with Crippen LogP contribution in [0.4, 0.5) is 0 Å². The van der Waals surface area contributed by atoms with Crippen LogP contribution in [-0.2, 0) is 10.9 Å². The fraction of sp³-hybridized carbons (Fsp3) is 0.316. The van der Waals surface area contributed by atoms with Crippen LogP contribution >= 0.6 is 15.9 Å². The number of pyridine rings is 1. The molecule has 0 spiro atoms. The van der Waals surface area contributed by atoms with Crippen molar-refractivity contribution in [2.24, 2.45) is 0 Å². The number of benzene rings is 1. The van der Waals surface area contributed by atoms with Crippen molar-refractivity contribution in [2.75, 3.05) is 6.54 Å². The molecule has 3 aromatic rings. The average Bonchev–Trinajstić information content (AvgIpc) is 2.96. The fourth-order valence-electron chi connectivity index (χ4n) is 2.82. The van der Waals surface area contributed by atoms with Crippen molar-refractivity contribution in [3.63, 3.8) is 0 Å². The molecule has 2 aromatic heterocycles. The van der Waals surface area contributed by atoms with E-state index in [1.165, 1.54) is 0 Å². The second kappa shape index (κ2) is 8.86. The van der Waals surface area contributed by atoms with Gasteiger partial charge in [-0.3, -0.25) is 0 Å². The summed E-state index contributed by atoms with van der Waals surface area (Å²) in [5.74, 6) is 0.823. The highest BCUT2D eigenvalue weighted by Gasteiger charge is 2.31. The third kappa shape index (κ3) is 5.38. The van der Waals surface area contributed by atoms with Crippen molar-refractivity contribution in [3.05, 3.63) is 42.2 Å². The number of nitrogens with zero attached hydrogens (tertiary/aromatic N) is 1. The first-order chi connectivity index (χ1) is 13.7. The Morgan fingerprint density at radius 3 is 2.66 bits per heavy atom. The zero-order valence-electron chi connectivity index (χ0n) is 16.3. The van der Waals surface area contributed by atoms with Gasteiger partial charge in [0.15, 0.2) is 17.3 Å². The monoisotopic (exact) mass is 498 g/mol. The number of aromatic hydroxyl groups is 1. The SMILES string of the molecule is C[Si](C)(C)Oc1c(C(Br)CCN[SH](=O)=O)oc(-c2ccc3ccccc3n2)c1O. The lowest BCUT2D eigenvalue weighted by Gasteiger charge is -2.20. The highest BCUT2D eigenvalue weighted by atomic mass is 79.9. The van der Waals surface area contributed by atoms with Gasteiger partial charge in [0, 0.05) is 11.9 Å². The van der Waals surface area contributed by atoms with E-state index in [2.05, 4.69) is 25.6 Å². The number of para-hydroxylation sites is 1. The summed E-state index contributed by atoms with van der Waals surface area (Å²) in [4.78, 5) is 4.25. The van der Waals surface area contributed by atoms with E-state index in [9.17, 15) is 13.5 Å². The molecular weight excluding hydrogens is 476 g/mol. The summed E-state index contributed by atoms with van der Waals surface area (Å²) in [5.41, 5.74) is 1.28. The van der Waals surface area contributed by atoms with Gasteiger partial charge in [-0.1, -0.05) is 40.2 Å². The van der Waals surface area contributed by atoms with Crippen molar-refractivity contribution in [3.8, 4) is 23.0 Å². The largest absolute Gasteiger partial charge is 0.539 e. The fourth-order valence-corrected chi connectivity index (χ4v) is 4.47. The highest BCUT2D eigenvalue weighted by Crippen LogP contribution is 2.48. The average molecular weight is 499 g/mol. The summed E-state index contributed by atoms with van der Waals surface area (Å²) < 4.78 is 36.0. The van der Waals surface area contributed by atoms with E-state index < -0.39 is 19.2 Å². The van der Waals surface area contributed by atoms with Crippen LogP contribution in [0.25, 0.3) is 22.4 Å². The summed E-state index contributed by atoms with van der Waals surface area (Å²) in [6, 6.07) is 11.4. The molecule has 0 saturated carbocycles. The van der Waals surface area contributed by atoms with E-state index in [1.807, 2.05) is 50.0 Å². The number of aromatic nitrogens is 1. The van der Waals surface area contributed by atoms with Crippen molar-refractivity contribution in [1.29, 1.82) is 0 Å². The molecule has 0 aliphatic heterocycles. The molecule has 10 heteroatoms. The van der Waals surface area contributed by atoms with E-state index in [0.29, 0.717) is 17.9 Å². The minimum Gasteiger partial charge on any atom is -0.539 e. The lowest BCUT2D eigenvalue weighted by molar-refractivity contribution is 0.438. The Labute approximate surface area is 180 Å². The molecule has 0 aliphatic rings. The van der Waals surface area contributed by atoms with E-state index in [4.69, 9.17) is 8.84 Å². The second-order valence-corrected chi connectivity index (χ2v) is 13.9. The van der Waals surface area contributed by atoms with Crippen LogP contribution in [0.2, 0.25) is 19.6 Å². The molecule has 1 aromatic carbocycles. The predicted molar refractivity (Wildman–Crippen MR) is 120 cm³/mol. The van der Waals surface area contributed by atoms with Gasteiger partial charge in [-0.15, -0.1) is 0 Å². The van der Waals surface area contributed by atoms with Crippen LogP contribution in [-0.4, -0.2) is 33.4 Å². The Balaban J connectivity index is 2.02. The maximum Gasteiger partial charge on any atom is 0.242 e. The van der Waals surface area contributed by atoms with Crippen LogP contribution in [0.5, 0.6) is 11.5 Å².